The molecule has 9 heteroatoms. The normalized spacial score (nSPS) is 10.8. The lowest BCUT2D eigenvalue weighted by molar-refractivity contribution is 0.159. The Hall–Kier alpha value is -0.990. The standard InChI is InChI=1S/C9H10BrClN2O4S/c1-2-17-9(14)13-18(15,16)12-8-5-6(10)3-4-7(8)11/h3-5,12H,2H2,1H3,(H,13,14). The lowest BCUT2D eigenvalue weighted by Gasteiger charge is -2.10. The Balaban J connectivity index is 2.82. The van der Waals surface area contributed by atoms with Gasteiger partial charge in [-0.2, -0.15) is 8.42 Å². The molecule has 0 fully saturated rings. The third-order valence-corrected chi connectivity index (χ3v) is 3.41. The second kappa shape index (κ2) is 6.26. The summed E-state index contributed by atoms with van der Waals surface area (Å²) < 4.78 is 32.0. The number of hydrogen-bond donors (Lipinski definition) is 2. The molecule has 0 radical (unpaired) electrons. The molecule has 1 rings (SSSR count). The highest BCUT2D eigenvalue weighted by Gasteiger charge is 2.16. The van der Waals surface area contributed by atoms with Gasteiger partial charge < -0.3 is 4.74 Å². The monoisotopic (exact) mass is 356 g/mol. The summed E-state index contributed by atoms with van der Waals surface area (Å²) in [6.07, 6.45) is -1.06. The van der Waals surface area contributed by atoms with E-state index in [4.69, 9.17) is 11.6 Å². The SMILES string of the molecule is CCOC(=O)NS(=O)(=O)Nc1cc(Br)ccc1Cl. The van der Waals surface area contributed by atoms with Crippen LogP contribution >= 0.6 is 27.5 Å². The van der Waals surface area contributed by atoms with Gasteiger partial charge in [0.15, 0.2) is 0 Å². The Morgan fingerprint density at radius 2 is 2.17 bits per heavy atom. The summed E-state index contributed by atoms with van der Waals surface area (Å²) in [6.45, 7) is 1.63. The Morgan fingerprint density at radius 1 is 1.50 bits per heavy atom. The maximum absolute atomic E-state index is 11.6. The number of carbonyl (C=O) groups is 1. The molecule has 100 valence electrons. The number of benzene rings is 1. The summed E-state index contributed by atoms with van der Waals surface area (Å²) in [5.74, 6) is 0. The van der Waals surface area contributed by atoms with Gasteiger partial charge in [0.1, 0.15) is 0 Å². The molecule has 6 nitrogen and oxygen atoms in total. The first-order chi connectivity index (χ1) is 8.34. The van der Waals surface area contributed by atoms with E-state index < -0.39 is 16.3 Å². The fraction of sp³-hybridized carbons (Fsp3) is 0.222. The van der Waals surface area contributed by atoms with Gasteiger partial charge in [-0.1, -0.05) is 27.5 Å². The van der Waals surface area contributed by atoms with Crippen LogP contribution in [-0.2, 0) is 14.9 Å². The molecule has 0 aromatic heterocycles. The van der Waals surface area contributed by atoms with Crippen LogP contribution in [0.4, 0.5) is 10.5 Å². The van der Waals surface area contributed by atoms with Gasteiger partial charge in [-0.05, 0) is 25.1 Å². The zero-order valence-corrected chi connectivity index (χ0v) is 12.4. The molecule has 0 saturated carbocycles. The minimum absolute atomic E-state index is 0.0684. The molecule has 0 unspecified atom stereocenters. The van der Waals surface area contributed by atoms with Crippen LogP contribution in [0.2, 0.25) is 5.02 Å². The van der Waals surface area contributed by atoms with E-state index in [2.05, 4.69) is 25.4 Å². The number of nitrogens with one attached hydrogen (secondary N) is 2. The average Bonchev–Trinajstić information content (AvgIpc) is 2.22. The van der Waals surface area contributed by atoms with Crippen LogP contribution in [0.3, 0.4) is 0 Å². The first-order valence-electron chi connectivity index (χ1n) is 4.76. The second-order valence-corrected chi connectivity index (χ2v) is 5.79. The van der Waals surface area contributed by atoms with Gasteiger partial charge in [0.25, 0.3) is 0 Å². The largest absolute Gasteiger partial charge is 0.449 e. The summed E-state index contributed by atoms with van der Waals surface area (Å²) in [7, 11) is -4.08. The van der Waals surface area contributed by atoms with Gasteiger partial charge in [0.2, 0.25) is 0 Å². The molecule has 2 N–H and O–H groups in total. The van der Waals surface area contributed by atoms with Crippen molar-refractivity contribution in [3.8, 4) is 0 Å². The molecule has 1 aromatic rings. The van der Waals surface area contributed by atoms with Gasteiger partial charge in [-0.15, -0.1) is 0 Å². The zero-order valence-electron chi connectivity index (χ0n) is 9.24. The summed E-state index contributed by atoms with van der Waals surface area (Å²) in [5, 5.41) is 0.201. The third-order valence-electron chi connectivity index (χ3n) is 1.67. The Labute approximate surface area is 118 Å². The van der Waals surface area contributed by atoms with Crippen LogP contribution in [0.25, 0.3) is 0 Å². The van der Waals surface area contributed by atoms with Crippen molar-refractivity contribution >= 4 is 49.5 Å². The van der Waals surface area contributed by atoms with E-state index >= 15 is 0 Å². The Bertz CT molecular complexity index is 549. The minimum Gasteiger partial charge on any atom is -0.449 e. The van der Waals surface area contributed by atoms with Gasteiger partial charge in [-0.3, -0.25) is 4.72 Å². The molecule has 0 saturated heterocycles. The predicted molar refractivity (Wildman–Crippen MR) is 71.9 cm³/mol. The van der Waals surface area contributed by atoms with Crippen LogP contribution in [0.5, 0.6) is 0 Å². The molecule has 1 amide bonds. The lowest BCUT2D eigenvalue weighted by Crippen LogP contribution is -2.35. The van der Waals surface area contributed by atoms with Crippen molar-refractivity contribution in [2.45, 2.75) is 6.92 Å². The highest BCUT2D eigenvalue weighted by Crippen LogP contribution is 2.26. The highest BCUT2D eigenvalue weighted by molar-refractivity contribution is 9.10. The minimum atomic E-state index is -4.08. The molecule has 1 aromatic carbocycles. The smallest absolute Gasteiger partial charge is 0.422 e. The number of anilines is 1. The van der Waals surface area contributed by atoms with Crippen molar-refractivity contribution in [2.24, 2.45) is 0 Å². The number of halogens is 2. The van der Waals surface area contributed by atoms with Crippen molar-refractivity contribution in [1.82, 2.24) is 4.72 Å². The van der Waals surface area contributed by atoms with Crippen LogP contribution in [0, 0.1) is 0 Å². The van der Waals surface area contributed by atoms with Crippen molar-refractivity contribution in [3.63, 3.8) is 0 Å². The maximum Gasteiger partial charge on any atom is 0.422 e. The lowest BCUT2D eigenvalue weighted by atomic mass is 10.3. The zero-order chi connectivity index (χ0) is 13.8. The average molecular weight is 358 g/mol. The molecular formula is C9H10BrClN2O4S. The van der Waals surface area contributed by atoms with Gasteiger partial charge in [-0.25, -0.2) is 9.52 Å². The van der Waals surface area contributed by atoms with Crippen molar-refractivity contribution < 1.29 is 17.9 Å². The van der Waals surface area contributed by atoms with E-state index in [0.717, 1.165) is 0 Å². The Morgan fingerprint density at radius 3 is 2.78 bits per heavy atom. The summed E-state index contributed by atoms with van der Waals surface area (Å²) >= 11 is 8.98. The fourth-order valence-corrected chi connectivity index (χ4v) is 2.39. The molecular weight excluding hydrogens is 348 g/mol. The van der Waals surface area contributed by atoms with Gasteiger partial charge >= 0.3 is 16.3 Å². The van der Waals surface area contributed by atoms with Crippen molar-refractivity contribution in [2.75, 3.05) is 11.3 Å². The molecule has 0 heterocycles. The predicted octanol–water partition coefficient (Wildman–Crippen LogP) is 2.51. The van der Waals surface area contributed by atoms with Crippen LogP contribution < -0.4 is 9.44 Å². The molecule has 0 spiro atoms. The van der Waals surface area contributed by atoms with Gasteiger partial charge in [0, 0.05) is 4.47 Å². The van der Waals surface area contributed by atoms with Crippen LogP contribution in [0.15, 0.2) is 22.7 Å². The van der Waals surface area contributed by atoms with Crippen LogP contribution in [-0.4, -0.2) is 21.1 Å². The van der Waals surface area contributed by atoms with Gasteiger partial charge in [0.05, 0.1) is 17.3 Å². The topological polar surface area (TPSA) is 84.5 Å². The molecule has 0 atom stereocenters. The molecule has 18 heavy (non-hydrogen) atoms. The van der Waals surface area contributed by atoms with Crippen molar-refractivity contribution in [1.29, 1.82) is 0 Å². The van der Waals surface area contributed by atoms with E-state index in [1.54, 1.807) is 17.7 Å². The molecule has 0 aliphatic rings. The second-order valence-electron chi connectivity index (χ2n) is 3.05. The first-order valence-corrected chi connectivity index (χ1v) is 7.42. The van der Waals surface area contributed by atoms with E-state index in [0.29, 0.717) is 4.47 Å². The van der Waals surface area contributed by atoms with E-state index in [1.807, 2.05) is 0 Å². The van der Waals surface area contributed by atoms with E-state index in [9.17, 15) is 13.2 Å². The van der Waals surface area contributed by atoms with E-state index in [-0.39, 0.29) is 17.3 Å². The number of amides is 1. The fourth-order valence-electron chi connectivity index (χ4n) is 1.02. The summed E-state index contributed by atoms with van der Waals surface area (Å²) in [5.41, 5.74) is 0.142. The number of hydrogen-bond acceptors (Lipinski definition) is 4. The summed E-state index contributed by atoms with van der Waals surface area (Å²) in [4.78, 5) is 11.0. The Kier molecular flexibility index (Phi) is 5.24. The van der Waals surface area contributed by atoms with Crippen LogP contribution in [0.1, 0.15) is 6.92 Å². The van der Waals surface area contributed by atoms with E-state index in [1.165, 1.54) is 12.1 Å². The highest BCUT2D eigenvalue weighted by atomic mass is 79.9. The quantitative estimate of drug-likeness (QED) is 0.867. The molecule has 0 aliphatic carbocycles. The number of rotatable bonds is 4. The molecule has 0 aliphatic heterocycles. The maximum atomic E-state index is 11.6. The molecule has 0 bridgehead atoms. The number of carbonyl (C=O) groups excluding carboxylic acids is 1. The number of ether oxygens (including phenoxy) is 1. The summed E-state index contributed by atoms with van der Waals surface area (Å²) in [6, 6.07) is 4.62. The first kappa shape index (κ1) is 15.1. The van der Waals surface area contributed by atoms with Crippen molar-refractivity contribution in [3.05, 3.63) is 27.7 Å². The third kappa shape index (κ3) is 4.71.